The lowest BCUT2D eigenvalue weighted by Gasteiger charge is -2.25. The molecule has 9 heteroatoms. The van der Waals surface area contributed by atoms with Crippen molar-refractivity contribution < 1.29 is 28.5 Å². The summed E-state index contributed by atoms with van der Waals surface area (Å²) < 4.78 is 22.1. The Morgan fingerprint density at radius 2 is 1.68 bits per heavy atom. The Hall–Kier alpha value is -3.07. The maximum Gasteiger partial charge on any atom is 0.283 e. The highest BCUT2D eigenvalue weighted by Gasteiger charge is 2.27. The van der Waals surface area contributed by atoms with Gasteiger partial charge in [0.25, 0.3) is 5.91 Å². The highest BCUT2D eigenvalue weighted by molar-refractivity contribution is 8.00. The van der Waals surface area contributed by atoms with Crippen LogP contribution in [0.5, 0.6) is 23.0 Å². The standard InChI is InChI=1S/C19H18N2O6S/c22-18(11-28-12-5-6-14-16(9-12)25-8-7-24-14)20-21-19(23)17-10-26-13-3-1-2-4-15(13)27-17/h1-6,9,17H,7-8,10-11H2,(H,20,22)(H,21,23)/t17-/m1/s1. The number of hydrazine groups is 1. The molecule has 0 bridgehead atoms. The van der Waals surface area contributed by atoms with E-state index in [-0.39, 0.29) is 18.3 Å². The fourth-order valence-corrected chi connectivity index (χ4v) is 3.38. The van der Waals surface area contributed by atoms with Gasteiger partial charge in [-0.05, 0) is 30.3 Å². The molecule has 2 N–H and O–H groups in total. The molecule has 8 nitrogen and oxygen atoms in total. The van der Waals surface area contributed by atoms with Gasteiger partial charge in [0.05, 0.1) is 5.75 Å². The summed E-state index contributed by atoms with van der Waals surface area (Å²) in [7, 11) is 0. The van der Waals surface area contributed by atoms with Gasteiger partial charge in [-0.1, -0.05) is 12.1 Å². The van der Waals surface area contributed by atoms with Crippen molar-refractivity contribution in [3.63, 3.8) is 0 Å². The zero-order valence-electron chi connectivity index (χ0n) is 14.8. The number of hydrogen-bond acceptors (Lipinski definition) is 7. The smallest absolute Gasteiger partial charge is 0.283 e. The minimum absolute atomic E-state index is 0.0741. The van der Waals surface area contributed by atoms with Crippen LogP contribution in [-0.2, 0) is 9.59 Å². The summed E-state index contributed by atoms with van der Waals surface area (Å²) in [4.78, 5) is 25.1. The normalized spacial score (nSPS) is 16.8. The molecule has 0 saturated heterocycles. The fourth-order valence-electron chi connectivity index (χ4n) is 2.66. The third-order valence-electron chi connectivity index (χ3n) is 4.01. The van der Waals surface area contributed by atoms with E-state index in [0.29, 0.717) is 36.2 Å². The molecule has 4 rings (SSSR count). The number of fused-ring (bicyclic) bond motifs is 2. The van der Waals surface area contributed by atoms with Gasteiger partial charge in [-0.3, -0.25) is 20.4 Å². The minimum Gasteiger partial charge on any atom is -0.486 e. The van der Waals surface area contributed by atoms with Crippen molar-refractivity contribution in [3.8, 4) is 23.0 Å². The Kier molecular flexibility index (Phi) is 5.43. The van der Waals surface area contributed by atoms with Gasteiger partial charge in [-0.15, -0.1) is 11.8 Å². The van der Waals surface area contributed by atoms with E-state index in [2.05, 4.69) is 10.9 Å². The first-order valence-corrected chi connectivity index (χ1v) is 9.67. The number of rotatable bonds is 4. The zero-order chi connectivity index (χ0) is 19.3. The molecule has 2 aromatic carbocycles. The van der Waals surface area contributed by atoms with Crippen molar-refractivity contribution in [2.75, 3.05) is 25.6 Å². The van der Waals surface area contributed by atoms with Gasteiger partial charge >= 0.3 is 0 Å². The van der Waals surface area contributed by atoms with Gasteiger partial charge in [-0.25, -0.2) is 0 Å². The summed E-state index contributed by atoms with van der Waals surface area (Å²) in [5, 5.41) is 0. The lowest BCUT2D eigenvalue weighted by molar-refractivity contribution is -0.134. The molecule has 0 unspecified atom stereocenters. The molecular weight excluding hydrogens is 384 g/mol. The van der Waals surface area contributed by atoms with Gasteiger partial charge in [0.1, 0.15) is 19.8 Å². The van der Waals surface area contributed by atoms with Crippen LogP contribution in [0.15, 0.2) is 47.4 Å². The van der Waals surface area contributed by atoms with E-state index < -0.39 is 12.0 Å². The molecule has 0 saturated carbocycles. The van der Waals surface area contributed by atoms with Gasteiger partial charge in [-0.2, -0.15) is 0 Å². The summed E-state index contributed by atoms with van der Waals surface area (Å²) in [6, 6.07) is 12.6. The van der Waals surface area contributed by atoms with E-state index in [9.17, 15) is 9.59 Å². The molecular formula is C19H18N2O6S. The monoisotopic (exact) mass is 402 g/mol. The second kappa shape index (κ2) is 8.30. The van der Waals surface area contributed by atoms with Gasteiger partial charge in [0.15, 0.2) is 23.0 Å². The van der Waals surface area contributed by atoms with Crippen molar-refractivity contribution in [2.24, 2.45) is 0 Å². The highest BCUT2D eigenvalue weighted by atomic mass is 32.2. The largest absolute Gasteiger partial charge is 0.486 e. The molecule has 28 heavy (non-hydrogen) atoms. The average molecular weight is 402 g/mol. The van der Waals surface area contributed by atoms with Crippen LogP contribution in [0.1, 0.15) is 0 Å². The quantitative estimate of drug-likeness (QED) is 0.592. The first-order chi connectivity index (χ1) is 13.7. The summed E-state index contributed by atoms with van der Waals surface area (Å²) in [5.74, 6) is 1.76. The Bertz CT molecular complexity index is 890. The van der Waals surface area contributed by atoms with Crippen LogP contribution < -0.4 is 29.8 Å². The van der Waals surface area contributed by atoms with Crippen molar-refractivity contribution in [2.45, 2.75) is 11.0 Å². The van der Waals surface area contributed by atoms with Crippen molar-refractivity contribution >= 4 is 23.6 Å². The molecule has 2 aromatic rings. The number of amides is 2. The van der Waals surface area contributed by atoms with Crippen LogP contribution in [0.25, 0.3) is 0 Å². The summed E-state index contributed by atoms with van der Waals surface area (Å²) >= 11 is 1.32. The molecule has 0 fully saturated rings. The fraction of sp³-hybridized carbons (Fsp3) is 0.263. The lowest BCUT2D eigenvalue weighted by Crippen LogP contribution is -2.51. The van der Waals surface area contributed by atoms with E-state index in [1.807, 2.05) is 24.3 Å². The average Bonchev–Trinajstić information content (AvgIpc) is 2.75. The van der Waals surface area contributed by atoms with Crippen molar-refractivity contribution in [1.82, 2.24) is 10.9 Å². The SMILES string of the molecule is O=C(CSc1ccc2c(c1)OCCO2)NNC(=O)[C@H]1COc2ccccc2O1. The molecule has 146 valence electrons. The topological polar surface area (TPSA) is 95.1 Å². The Morgan fingerprint density at radius 3 is 2.54 bits per heavy atom. The number of nitrogens with one attached hydrogen (secondary N) is 2. The van der Waals surface area contributed by atoms with E-state index in [1.165, 1.54) is 11.8 Å². The predicted molar refractivity (Wildman–Crippen MR) is 101 cm³/mol. The van der Waals surface area contributed by atoms with E-state index in [1.54, 1.807) is 18.2 Å². The van der Waals surface area contributed by atoms with Crippen LogP contribution in [0.2, 0.25) is 0 Å². The van der Waals surface area contributed by atoms with Crippen LogP contribution >= 0.6 is 11.8 Å². The van der Waals surface area contributed by atoms with E-state index in [4.69, 9.17) is 18.9 Å². The number of ether oxygens (including phenoxy) is 4. The first-order valence-electron chi connectivity index (χ1n) is 8.69. The van der Waals surface area contributed by atoms with Crippen LogP contribution in [0.3, 0.4) is 0 Å². The number of thioether (sulfide) groups is 1. The molecule has 1 atom stereocenters. The van der Waals surface area contributed by atoms with Gasteiger partial charge < -0.3 is 18.9 Å². The third-order valence-corrected chi connectivity index (χ3v) is 5.00. The Balaban J connectivity index is 1.23. The van der Waals surface area contributed by atoms with Crippen molar-refractivity contribution in [3.05, 3.63) is 42.5 Å². The maximum absolute atomic E-state index is 12.2. The van der Waals surface area contributed by atoms with Gasteiger partial charge in [0, 0.05) is 4.90 Å². The second-order valence-corrected chi connectivity index (χ2v) is 7.04. The van der Waals surface area contributed by atoms with Crippen LogP contribution in [0, 0.1) is 0 Å². The third kappa shape index (κ3) is 4.25. The van der Waals surface area contributed by atoms with Crippen LogP contribution in [-0.4, -0.2) is 43.5 Å². The number of carbonyl (C=O) groups excluding carboxylic acids is 2. The number of hydrogen-bond donors (Lipinski definition) is 2. The molecule has 2 amide bonds. The number of carbonyl (C=O) groups is 2. The minimum atomic E-state index is -0.833. The molecule has 2 heterocycles. The van der Waals surface area contributed by atoms with E-state index >= 15 is 0 Å². The lowest BCUT2D eigenvalue weighted by atomic mass is 10.2. The molecule has 2 aliphatic heterocycles. The Labute approximate surface area is 165 Å². The maximum atomic E-state index is 12.2. The van der Waals surface area contributed by atoms with E-state index in [0.717, 1.165) is 4.90 Å². The summed E-state index contributed by atoms with van der Waals surface area (Å²) in [6.45, 7) is 1.11. The number of benzene rings is 2. The molecule has 0 spiro atoms. The summed E-state index contributed by atoms with van der Waals surface area (Å²) in [5.41, 5.74) is 4.75. The molecule has 0 aliphatic carbocycles. The summed E-state index contributed by atoms with van der Waals surface area (Å²) in [6.07, 6.45) is -0.833. The van der Waals surface area contributed by atoms with Crippen molar-refractivity contribution in [1.29, 1.82) is 0 Å². The number of para-hydroxylation sites is 2. The molecule has 2 aliphatic rings. The zero-order valence-corrected chi connectivity index (χ0v) is 15.6. The highest BCUT2D eigenvalue weighted by Crippen LogP contribution is 2.34. The van der Waals surface area contributed by atoms with Crippen LogP contribution in [0.4, 0.5) is 0 Å². The first kappa shape index (κ1) is 18.3. The second-order valence-electron chi connectivity index (χ2n) is 6.00. The molecule has 0 aromatic heterocycles. The molecule has 0 radical (unpaired) electrons. The Morgan fingerprint density at radius 1 is 0.929 bits per heavy atom. The predicted octanol–water partition coefficient (Wildman–Crippen LogP) is 1.54. The van der Waals surface area contributed by atoms with Gasteiger partial charge in [0.2, 0.25) is 12.0 Å².